The monoisotopic (exact) mass is 730 g/mol. The van der Waals surface area contributed by atoms with Crippen molar-refractivity contribution in [3.8, 4) is 56.2 Å². The van der Waals surface area contributed by atoms with Crippen molar-refractivity contribution in [2.75, 3.05) is 0 Å². The summed E-state index contributed by atoms with van der Waals surface area (Å²) in [5.74, 6) is 0.684. The van der Waals surface area contributed by atoms with Gasteiger partial charge in [-0.3, -0.25) is 4.40 Å². The highest BCUT2D eigenvalue weighted by Gasteiger charge is 2.19. The average molecular weight is 731 g/mol. The maximum Gasteiger partial charge on any atom is 0.160 e. The van der Waals surface area contributed by atoms with Crippen LogP contribution in [0.1, 0.15) is 19.5 Å². The van der Waals surface area contributed by atoms with Gasteiger partial charge in [0.25, 0.3) is 0 Å². The van der Waals surface area contributed by atoms with Crippen LogP contribution in [0.3, 0.4) is 0 Å². The molecule has 0 unspecified atom stereocenters. The van der Waals surface area contributed by atoms with Crippen LogP contribution in [-0.2, 0) is 0 Å². The van der Waals surface area contributed by atoms with E-state index in [1.165, 1.54) is 10.8 Å². The minimum atomic E-state index is 0.684. The molecule has 0 saturated heterocycles. The Kier molecular flexibility index (Phi) is 8.57. The first-order valence-electron chi connectivity index (χ1n) is 19.4. The van der Waals surface area contributed by atoms with Crippen molar-refractivity contribution in [3.63, 3.8) is 0 Å². The Labute approximate surface area is 331 Å². The molecule has 3 aromatic heterocycles. The number of benzene rings is 7. The lowest BCUT2D eigenvalue weighted by atomic mass is 9.92. The number of hydrogen-bond donors (Lipinski definition) is 0. The molecule has 0 radical (unpaired) electrons. The van der Waals surface area contributed by atoms with Gasteiger partial charge in [-0.05, 0) is 100 Å². The molecule has 4 heteroatoms. The van der Waals surface area contributed by atoms with E-state index in [4.69, 9.17) is 15.0 Å². The Bertz CT molecular complexity index is 3200. The molecule has 4 nitrogen and oxygen atoms in total. The van der Waals surface area contributed by atoms with Gasteiger partial charge in [0, 0.05) is 33.7 Å². The second-order valence-corrected chi connectivity index (χ2v) is 14.3. The fraction of sp³-hybridized carbons (Fsp3) is 0.0377. The highest BCUT2D eigenvalue weighted by molar-refractivity contribution is 6.09. The molecule has 10 aromatic rings. The van der Waals surface area contributed by atoms with E-state index >= 15 is 0 Å². The molecule has 0 aliphatic carbocycles. The zero-order chi connectivity index (χ0) is 38.3. The van der Waals surface area contributed by atoms with Crippen molar-refractivity contribution in [2.24, 2.45) is 0 Å². The fourth-order valence-electron chi connectivity index (χ4n) is 8.18. The van der Waals surface area contributed by atoms with Crippen LogP contribution in [-0.4, -0.2) is 19.4 Å². The third-order valence-corrected chi connectivity index (χ3v) is 10.9. The minimum Gasteiger partial charge on any atom is -0.299 e. The molecule has 0 atom stereocenters. The number of nitrogens with zero attached hydrogens (tertiary/aromatic N) is 4. The molecule has 0 spiro atoms. The number of pyridine rings is 1. The molecule has 0 amide bonds. The van der Waals surface area contributed by atoms with E-state index in [9.17, 15) is 0 Å². The maximum absolute atomic E-state index is 5.40. The van der Waals surface area contributed by atoms with E-state index in [0.717, 1.165) is 88.9 Å². The van der Waals surface area contributed by atoms with Gasteiger partial charge in [0.15, 0.2) is 5.82 Å². The summed E-state index contributed by atoms with van der Waals surface area (Å²) in [5, 5.41) is 5.69. The number of aromatic nitrogens is 4. The van der Waals surface area contributed by atoms with Crippen LogP contribution in [0.15, 0.2) is 194 Å². The van der Waals surface area contributed by atoms with Crippen molar-refractivity contribution in [1.29, 1.82) is 0 Å². The maximum atomic E-state index is 5.40. The molecule has 10 rings (SSSR count). The molecule has 0 N–H and O–H groups in total. The Hall–Kier alpha value is -7.43. The standard InChI is InChI=1S/C53H38N4/c1-3-16-35(4-2)49-47-29-28-37-18-9-11-25-46(37)51(47)56-53(55-49)43-33-41(32-42(34-43)45-26-15-21-36-17-8-10-24-44(36)45)39-22-14-23-40(31-39)50-52(38-19-6-5-7-20-38)57-30-13-12-27-48(57)54-50/h3-34H,1-2H3/b16-3-,35-4+. The molecule has 270 valence electrons. The molecule has 57 heavy (non-hydrogen) atoms. The summed E-state index contributed by atoms with van der Waals surface area (Å²) in [6, 6.07) is 60.2. The summed E-state index contributed by atoms with van der Waals surface area (Å²) >= 11 is 0. The predicted octanol–water partition coefficient (Wildman–Crippen LogP) is 13.9. The van der Waals surface area contributed by atoms with E-state index in [2.05, 4.69) is 200 Å². The van der Waals surface area contributed by atoms with E-state index in [1.54, 1.807) is 0 Å². The lowest BCUT2D eigenvalue weighted by Gasteiger charge is -2.15. The van der Waals surface area contributed by atoms with Crippen LogP contribution in [0.25, 0.3) is 99.8 Å². The van der Waals surface area contributed by atoms with E-state index in [-0.39, 0.29) is 0 Å². The van der Waals surface area contributed by atoms with Gasteiger partial charge in [-0.15, -0.1) is 0 Å². The van der Waals surface area contributed by atoms with Crippen molar-refractivity contribution in [3.05, 3.63) is 200 Å². The quantitative estimate of drug-likeness (QED) is 0.121. The third-order valence-electron chi connectivity index (χ3n) is 10.9. The van der Waals surface area contributed by atoms with Gasteiger partial charge in [-0.1, -0.05) is 146 Å². The summed E-state index contributed by atoms with van der Waals surface area (Å²) in [6.07, 6.45) is 8.43. The largest absolute Gasteiger partial charge is 0.299 e. The van der Waals surface area contributed by atoms with Crippen LogP contribution in [0.2, 0.25) is 0 Å². The number of allylic oxidation sites excluding steroid dienone is 4. The van der Waals surface area contributed by atoms with Crippen LogP contribution < -0.4 is 0 Å². The molecule has 0 fully saturated rings. The lowest BCUT2D eigenvalue weighted by molar-refractivity contribution is 1.19. The van der Waals surface area contributed by atoms with Gasteiger partial charge in [-0.25, -0.2) is 15.0 Å². The Morgan fingerprint density at radius 3 is 2.00 bits per heavy atom. The van der Waals surface area contributed by atoms with Gasteiger partial charge < -0.3 is 0 Å². The molecule has 0 bridgehead atoms. The molecule has 0 aliphatic heterocycles. The number of fused-ring (bicyclic) bond motifs is 5. The number of rotatable bonds is 7. The van der Waals surface area contributed by atoms with E-state index in [0.29, 0.717) is 5.82 Å². The minimum absolute atomic E-state index is 0.684. The zero-order valence-corrected chi connectivity index (χ0v) is 31.8. The molecule has 3 heterocycles. The highest BCUT2D eigenvalue weighted by atomic mass is 15.0. The van der Waals surface area contributed by atoms with Crippen LogP contribution in [0.5, 0.6) is 0 Å². The molecule has 0 aliphatic rings. The lowest BCUT2D eigenvalue weighted by Crippen LogP contribution is -1.99. The predicted molar refractivity (Wildman–Crippen MR) is 239 cm³/mol. The summed E-state index contributed by atoms with van der Waals surface area (Å²) in [7, 11) is 0. The van der Waals surface area contributed by atoms with Crippen molar-refractivity contribution in [2.45, 2.75) is 13.8 Å². The zero-order valence-electron chi connectivity index (χ0n) is 31.8. The summed E-state index contributed by atoms with van der Waals surface area (Å²) < 4.78 is 2.18. The fourth-order valence-corrected chi connectivity index (χ4v) is 8.18. The van der Waals surface area contributed by atoms with Gasteiger partial charge >= 0.3 is 0 Å². The SMILES string of the molecule is C/C=C\C(=C/C)c1nc(-c2cc(-c3cccc(-c4nc5ccccn5c4-c4ccccc4)c3)cc(-c3cccc4ccccc34)c2)nc2c1ccc1ccccc12. The smallest absolute Gasteiger partial charge is 0.160 e. The first kappa shape index (κ1) is 34.1. The van der Waals surface area contributed by atoms with E-state index < -0.39 is 0 Å². The van der Waals surface area contributed by atoms with Crippen molar-refractivity contribution < 1.29 is 0 Å². The van der Waals surface area contributed by atoms with Crippen molar-refractivity contribution in [1.82, 2.24) is 19.4 Å². The van der Waals surface area contributed by atoms with Gasteiger partial charge in [0.2, 0.25) is 0 Å². The van der Waals surface area contributed by atoms with E-state index in [1.807, 2.05) is 13.0 Å². The van der Waals surface area contributed by atoms with Crippen LogP contribution in [0.4, 0.5) is 0 Å². The second kappa shape index (κ2) is 14.3. The van der Waals surface area contributed by atoms with Crippen LogP contribution in [0, 0.1) is 0 Å². The Balaban J connectivity index is 1.23. The first-order chi connectivity index (χ1) is 28.2. The van der Waals surface area contributed by atoms with Crippen LogP contribution >= 0.6 is 0 Å². The normalized spacial score (nSPS) is 12.1. The highest BCUT2D eigenvalue weighted by Crippen LogP contribution is 2.39. The Morgan fingerprint density at radius 2 is 1.16 bits per heavy atom. The summed E-state index contributed by atoms with van der Waals surface area (Å²) in [5.41, 5.74) is 13.4. The van der Waals surface area contributed by atoms with Gasteiger partial charge in [0.1, 0.15) is 5.65 Å². The average Bonchev–Trinajstić information content (AvgIpc) is 3.68. The van der Waals surface area contributed by atoms with Gasteiger partial charge in [-0.2, -0.15) is 0 Å². The summed E-state index contributed by atoms with van der Waals surface area (Å²) in [6.45, 7) is 4.12. The van der Waals surface area contributed by atoms with Crippen molar-refractivity contribution >= 4 is 43.7 Å². The molecule has 0 saturated carbocycles. The summed E-state index contributed by atoms with van der Waals surface area (Å²) in [4.78, 5) is 16.0. The topological polar surface area (TPSA) is 43.1 Å². The second-order valence-electron chi connectivity index (χ2n) is 14.3. The van der Waals surface area contributed by atoms with Gasteiger partial charge in [0.05, 0.1) is 22.6 Å². The first-order valence-corrected chi connectivity index (χ1v) is 19.4. The molecule has 7 aromatic carbocycles. The number of hydrogen-bond acceptors (Lipinski definition) is 3. The Morgan fingerprint density at radius 1 is 0.491 bits per heavy atom. The number of imidazole rings is 1. The third kappa shape index (κ3) is 6.09. The molecular formula is C53H38N4. The molecular weight excluding hydrogens is 693 g/mol.